The van der Waals surface area contributed by atoms with Gasteiger partial charge in [-0.3, -0.25) is 14.4 Å². The first-order chi connectivity index (χ1) is 12.0. The van der Waals surface area contributed by atoms with Crippen LogP contribution in [0.1, 0.15) is 22.8 Å². The van der Waals surface area contributed by atoms with Crippen LogP contribution in [0, 0.1) is 0 Å². The molecule has 0 radical (unpaired) electrons. The summed E-state index contributed by atoms with van der Waals surface area (Å²) in [7, 11) is 0. The number of carboxylic acids is 1. The Morgan fingerprint density at radius 2 is 1.52 bits per heavy atom. The zero-order chi connectivity index (χ0) is 18.2. The topological polar surface area (TPSA) is 95.5 Å². The van der Waals surface area contributed by atoms with E-state index in [1.54, 1.807) is 54.6 Å². The van der Waals surface area contributed by atoms with Crippen LogP contribution < -0.4 is 10.6 Å². The molecule has 2 rings (SSSR count). The van der Waals surface area contributed by atoms with E-state index in [0.29, 0.717) is 11.1 Å². The number of amides is 2. The lowest BCUT2D eigenvalue weighted by Gasteiger charge is -2.13. The van der Waals surface area contributed by atoms with Crippen LogP contribution >= 0.6 is 0 Å². The van der Waals surface area contributed by atoms with E-state index in [1.807, 2.05) is 6.07 Å². The van der Waals surface area contributed by atoms with Gasteiger partial charge >= 0.3 is 5.97 Å². The molecule has 6 heteroatoms. The molecule has 1 atom stereocenters. The zero-order valence-corrected chi connectivity index (χ0v) is 13.6. The van der Waals surface area contributed by atoms with E-state index in [4.69, 9.17) is 5.11 Å². The number of rotatable bonds is 6. The molecule has 2 aromatic rings. The van der Waals surface area contributed by atoms with E-state index in [0.717, 1.165) is 0 Å². The second-order valence-electron chi connectivity index (χ2n) is 5.32. The number of nitrogens with one attached hydrogen (secondary N) is 2. The lowest BCUT2D eigenvalue weighted by atomic mass is 10.1. The number of benzene rings is 2. The number of carbonyl (C=O) groups is 3. The van der Waals surface area contributed by atoms with Gasteiger partial charge in [0.25, 0.3) is 11.8 Å². The minimum atomic E-state index is -1.17. The Morgan fingerprint density at radius 3 is 2.08 bits per heavy atom. The summed E-state index contributed by atoms with van der Waals surface area (Å²) in [6.07, 6.45) is 1.49. The fraction of sp³-hybridized carbons (Fsp3) is 0.105. The molecule has 2 amide bonds. The summed E-state index contributed by atoms with van der Waals surface area (Å²) in [6.45, 7) is 1.35. The Morgan fingerprint density at radius 1 is 0.960 bits per heavy atom. The Labute approximate surface area is 145 Å². The zero-order valence-electron chi connectivity index (χ0n) is 13.6. The van der Waals surface area contributed by atoms with Gasteiger partial charge in [0.1, 0.15) is 11.7 Å². The molecule has 0 aliphatic rings. The predicted octanol–water partition coefficient (Wildman–Crippen LogP) is 2.05. The average Bonchev–Trinajstić information content (AvgIpc) is 2.62. The van der Waals surface area contributed by atoms with Crippen LogP contribution in [0.25, 0.3) is 6.08 Å². The molecule has 128 valence electrons. The van der Waals surface area contributed by atoms with Crippen molar-refractivity contribution in [2.45, 2.75) is 13.0 Å². The van der Waals surface area contributed by atoms with Crippen molar-refractivity contribution in [3.63, 3.8) is 0 Å². The highest BCUT2D eigenvalue weighted by atomic mass is 16.4. The van der Waals surface area contributed by atoms with Crippen LogP contribution in [0.5, 0.6) is 0 Å². The summed E-state index contributed by atoms with van der Waals surface area (Å²) in [5.74, 6) is -2.30. The van der Waals surface area contributed by atoms with Gasteiger partial charge in [-0.05, 0) is 30.7 Å². The maximum atomic E-state index is 12.4. The average molecular weight is 338 g/mol. The highest BCUT2D eigenvalue weighted by Crippen LogP contribution is 2.07. The summed E-state index contributed by atoms with van der Waals surface area (Å²) < 4.78 is 0. The maximum absolute atomic E-state index is 12.4. The van der Waals surface area contributed by atoms with Crippen molar-refractivity contribution in [3.8, 4) is 0 Å². The number of aliphatic carboxylic acids is 1. The fourth-order valence-electron chi connectivity index (χ4n) is 1.99. The lowest BCUT2D eigenvalue weighted by molar-refractivity contribution is -0.140. The summed E-state index contributed by atoms with van der Waals surface area (Å²) >= 11 is 0. The minimum absolute atomic E-state index is 0.0341. The fourth-order valence-corrected chi connectivity index (χ4v) is 1.99. The standard InChI is InChI=1S/C19H18N2O4/c1-13(19(24)25)20-18(23)16(12-14-8-4-2-5-9-14)21-17(22)15-10-6-3-7-11-15/h2-13H,1H3,(H,20,23)(H,21,22)(H,24,25)/b16-12-/t13-/m1/s1. The molecule has 0 fully saturated rings. The van der Waals surface area contributed by atoms with Gasteiger partial charge in [-0.25, -0.2) is 0 Å². The van der Waals surface area contributed by atoms with Crippen molar-refractivity contribution in [3.05, 3.63) is 77.5 Å². The van der Waals surface area contributed by atoms with E-state index >= 15 is 0 Å². The van der Waals surface area contributed by atoms with Crippen molar-refractivity contribution in [2.75, 3.05) is 0 Å². The Bertz CT molecular complexity index is 786. The third-order valence-corrected chi connectivity index (χ3v) is 3.36. The Balaban J connectivity index is 2.26. The number of hydrogen-bond donors (Lipinski definition) is 3. The van der Waals surface area contributed by atoms with E-state index in [2.05, 4.69) is 10.6 Å². The van der Waals surface area contributed by atoms with Crippen LogP contribution in [0.2, 0.25) is 0 Å². The molecule has 0 aromatic heterocycles. The van der Waals surface area contributed by atoms with Crippen molar-refractivity contribution >= 4 is 23.9 Å². The smallest absolute Gasteiger partial charge is 0.325 e. The van der Waals surface area contributed by atoms with Crippen LogP contribution in [0.3, 0.4) is 0 Å². The third-order valence-electron chi connectivity index (χ3n) is 3.36. The molecule has 0 unspecified atom stereocenters. The van der Waals surface area contributed by atoms with Gasteiger partial charge in [0.05, 0.1) is 0 Å². The van der Waals surface area contributed by atoms with E-state index < -0.39 is 23.8 Å². The molecule has 25 heavy (non-hydrogen) atoms. The molecule has 0 aliphatic carbocycles. The SMILES string of the molecule is C[C@@H](NC(=O)/C(=C/c1ccccc1)NC(=O)c1ccccc1)C(=O)O. The second-order valence-corrected chi connectivity index (χ2v) is 5.32. The van der Waals surface area contributed by atoms with Gasteiger partial charge in [-0.1, -0.05) is 48.5 Å². The van der Waals surface area contributed by atoms with Gasteiger partial charge in [0.2, 0.25) is 0 Å². The van der Waals surface area contributed by atoms with Crippen LogP contribution in [0.15, 0.2) is 66.4 Å². The van der Waals surface area contributed by atoms with Crippen LogP contribution in [-0.4, -0.2) is 28.9 Å². The van der Waals surface area contributed by atoms with Crippen molar-refractivity contribution in [1.82, 2.24) is 10.6 Å². The molecule has 3 N–H and O–H groups in total. The van der Waals surface area contributed by atoms with Crippen LogP contribution in [0.4, 0.5) is 0 Å². The van der Waals surface area contributed by atoms with E-state index in [1.165, 1.54) is 13.0 Å². The summed E-state index contributed by atoms with van der Waals surface area (Å²) in [4.78, 5) is 35.6. The molecule has 0 saturated heterocycles. The first-order valence-corrected chi connectivity index (χ1v) is 7.64. The van der Waals surface area contributed by atoms with Crippen LogP contribution in [-0.2, 0) is 9.59 Å². The van der Waals surface area contributed by atoms with Gasteiger partial charge < -0.3 is 15.7 Å². The Hall–Kier alpha value is -3.41. The molecule has 0 saturated carbocycles. The summed E-state index contributed by atoms with van der Waals surface area (Å²) in [5, 5.41) is 13.8. The second kappa shape index (κ2) is 8.44. The molecule has 0 spiro atoms. The number of carboxylic acid groups (broad SMARTS) is 1. The first-order valence-electron chi connectivity index (χ1n) is 7.64. The van der Waals surface area contributed by atoms with Crippen molar-refractivity contribution in [1.29, 1.82) is 0 Å². The highest BCUT2D eigenvalue weighted by molar-refractivity contribution is 6.06. The largest absolute Gasteiger partial charge is 0.480 e. The number of hydrogen-bond acceptors (Lipinski definition) is 3. The Kier molecular flexibility index (Phi) is 6.06. The van der Waals surface area contributed by atoms with E-state index in [-0.39, 0.29) is 5.70 Å². The highest BCUT2D eigenvalue weighted by Gasteiger charge is 2.19. The molecule has 2 aromatic carbocycles. The molecular weight excluding hydrogens is 320 g/mol. The van der Waals surface area contributed by atoms with Gasteiger partial charge in [-0.2, -0.15) is 0 Å². The van der Waals surface area contributed by atoms with Gasteiger partial charge in [-0.15, -0.1) is 0 Å². The quantitative estimate of drug-likeness (QED) is 0.703. The molecular formula is C19H18N2O4. The molecule has 0 heterocycles. The third kappa shape index (κ3) is 5.31. The van der Waals surface area contributed by atoms with Gasteiger partial charge in [0, 0.05) is 5.56 Å². The predicted molar refractivity (Wildman–Crippen MR) is 93.6 cm³/mol. The summed E-state index contributed by atoms with van der Waals surface area (Å²) in [5.41, 5.74) is 1.05. The van der Waals surface area contributed by atoms with E-state index in [9.17, 15) is 14.4 Å². The normalized spacial score (nSPS) is 12.1. The number of carbonyl (C=O) groups excluding carboxylic acids is 2. The molecule has 6 nitrogen and oxygen atoms in total. The lowest BCUT2D eigenvalue weighted by Crippen LogP contribution is -2.42. The molecule has 0 aliphatic heterocycles. The van der Waals surface area contributed by atoms with Crippen molar-refractivity contribution in [2.24, 2.45) is 0 Å². The summed E-state index contributed by atoms with van der Waals surface area (Å²) in [6, 6.07) is 16.3. The maximum Gasteiger partial charge on any atom is 0.325 e. The van der Waals surface area contributed by atoms with Gasteiger partial charge in [0.15, 0.2) is 0 Å². The van der Waals surface area contributed by atoms with Crippen molar-refractivity contribution < 1.29 is 19.5 Å². The monoisotopic (exact) mass is 338 g/mol. The molecule has 0 bridgehead atoms. The first kappa shape index (κ1) is 17.9. The minimum Gasteiger partial charge on any atom is -0.480 e.